The summed E-state index contributed by atoms with van der Waals surface area (Å²) in [6, 6.07) is 6.66. The normalized spacial score (nSPS) is 17.6. The summed E-state index contributed by atoms with van der Waals surface area (Å²) in [5.74, 6) is 0.317. The van der Waals surface area contributed by atoms with Crippen LogP contribution in [0.4, 0.5) is 11.5 Å². The summed E-state index contributed by atoms with van der Waals surface area (Å²) in [5, 5.41) is 3.23. The van der Waals surface area contributed by atoms with Crippen LogP contribution in [0.3, 0.4) is 0 Å². The number of aromatic nitrogens is 2. The lowest BCUT2D eigenvalue weighted by atomic mass is 9.78. The van der Waals surface area contributed by atoms with Crippen molar-refractivity contribution >= 4 is 64.3 Å². The van der Waals surface area contributed by atoms with Crippen LogP contribution in [0.25, 0.3) is 0 Å². The third-order valence-electron chi connectivity index (χ3n) is 5.73. The van der Waals surface area contributed by atoms with E-state index in [4.69, 9.17) is 32.1 Å². The molecule has 1 aliphatic heterocycles. The summed E-state index contributed by atoms with van der Waals surface area (Å²) in [6.07, 6.45) is 1.70. The number of rotatable bonds is 10. The second kappa shape index (κ2) is 11.1. The minimum Gasteiger partial charge on any atom is -0.394 e. The smallest absolute Gasteiger partial charge is 0.245 e. The number of hydrogen-bond acceptors (Lipinski definition) is 7. The average Bonchev–Trinajstić information content (AvgIpc) is 3.29. The summed E-state index contributed by atoms with van der Waals surface area (Å²) < 4.78 is 40.5. The molecule has 1 aliphatic rings. The molecule has 33 heavy (non-hydrogen) atoms. The fourth-order valence-corrected chi connectivity index (χ4v) is 6.93. The first-order chi connectivity index (χ1) is 15.6. The number of hydrogen-bond donors (Lipinski definition) is 1. The minimum absolute atomic E-state index is 0.00577. The third-order valence-corrected chi connectivity index (χ3v) is 9.01. The van der Waals surface area contributed by atoms with Crippen molar-refractivity contribution in [2.75, 3.05) is 18.4 Å². The number of anilines is 2. The Balaban J connectivity index is 1.85. The fraction of sp³-hybridized carbons (Fsp3) is 0.500. The van der Waals surface area contributed by atoms with Crippen LogP contribution in [0.15, 0.2) is 35.4 Å². The van der Waals surface area contributed by atoms with Crippen LogP contribution < -0.4 is 5.32 Å². The highest BCUT2D eigenvalue weighted by Gasteiger charge is 2.44. The number of sulfonamides is 1. The van der Waals surface area contributed by atoms with Gasteiger partial charge in [-0.2, -0.15) is 9.29 Å². The molecule has 1 atom stereocenters. The molecule has 1 N–H and O–H groups in total. The van der Waals surface area contributed by atoms with Crippen molar-refractivity contribution in [1.29, 1.82) is 0 Å². The average molecular weight is 546 g/mol. The Morgan fingerprint density at radius 2 is 1.88 bits per heavy atom. The molecule has 1 saturated heterocycles. The zero-order valence-electron chi connectivity index (χ0n) is 18.8. The largest absolute Gasteiger partial charge is 0.394 e. The Kier molecular flexibility index (Phi) is 8.95. The highest BCUT2D eigenvalue weighted by atomic mass is 35.5. The Bertz CT molecular complexity index is 1070. The highest BCUT2D eigenvalue weighted by molar-refractivity contribution is 7.89. The van der Waals surface area contributed by atoms with Gasteiger partial charge in [-0.05, 0) is 49.2 Å². The summed E-state index contributed by atoms with van der Waals surface area (Å²) in [5.41, 5.74) is 0.0139. The molecule has 0 aliphatic carbocycles. The van der Waals surface area contributed by atoms with Crippen molar-refractivity contribution in [3.8, 4) is 0 Å². The SMILES string of the molecule is C[Si]OC(O[Si]C)C(C)(C)C1CCN(S(=O)(=O)c2ccccc2Nc2nc(Cl)ncc2Cl)C1. The van der Waals surface area contributed by atoms with Gasteiger partial charge in [0.1, 0.15) is 16.2 Å². The van der Waals surface area contributed by atoms with E-state index in [2.05, 4.69) is 29.1 Å². The molecule has 8 nitrogen and oxygen atoms in total. The molecule has 1 fully saturated rings. The number of nitrogens with zero attached hydrogens (tertiary/aromatic N) is 3. The molecule has 0 amide bonds. The molecule has 2 aromatic rings. The molecule has 13 heteroatoms. The van der Waals surface area contributed by atoms with Crippen molar-refractivity contribution in [3.63, 3.8) is 0 Å². The highest BCUT2D eigenvalue weighted by Crippen LogP contribution is 2.41. The second-order valence-corrected chi connectivity index (χ2v) is 12.0. The van der Waals surface area contributed by atoms with Crippen LogP contribution >= 0.6 is 23.2 Å². The quantitative estimate of drug-likeness (QED) is 0.271. The molecule has 0 spiro atoms. The van der Waals surface area contributed by atoms with E-state index in [0.29, 0.717) is 18.8 Å². The predicted octanol–water partition coefficient (Wildman–Crippen LogP) is 4.26. The molecule has 1 aromatic heterocycles. The van der Waals surface area contributed by atoms with Crippen molar-refractivity contribution in [1.82, 2.24) is 14.3 Å². The Morgan fingerprint density at radius 1 is 1.21 bits per heavy atom. The van der Waals surface area contributed by atoms with E-state index >= 15 is 0 Å². The molecule has 1 unspecified atom stereocenters. The second-order valence-electron chi connectivity index (χ2n) is 8.10. The lowest BCUT2D eigenvalue weighted by Gasteiger charge is -2.38. The molecule has 4 radical (unpaired) electrons. The van der Waals surface area contributed by atoms with Gasteiger partial charge < -0.3 is 14.2 Å². The first-order valence-corrected chi connectivity index (χ1v) is 15.3. The zero-order chi connectivity index (χ0) is 24.2. The van der Waals surface area contributed by atoms with Crippen molar-refractivity contribution in [3.05, 3.63) is 40.8 Å². The van der Waals surface area contributed by atoms with Gasteiger partial charge in [-0.25, -0.2) is 13.4 Å². The van der Waals surface area contributed by atoms with Crippen molar-refractivity contribution < 1.29 is 17.3 Å². The maximum atomic E-state index is 13.6. The fourth-order valence-electron chi connectivity index (χ4n) is 3.78. The molecule has 0 saturated carbocycles. The summed E-state index contributed by atoms with van der Waals surface area (Å²) in [6.45, 7) is 8.87. The Hall–Kier alpha value is -1.06. The van der Waals surface area contributed by atoms with Gasteiger partial charge in [0.2, 0.25) is 34.8 Å². The Morgan fingerprint density at radius 3 is 2.55 bits per heavy atom. The standard InChI is InChI=1S/C20H26Cl2N4O4SSi2/c1-20(2,18(29-32-3)30-33-4)13-9-10-26(12-13)31(27,28)16-8-6-5-7-15(16)24-17-14(21)11-23-19(22)25-17/h5-8,11,13,18H,9-10,12H2,1-4H3,(H,23,24,25). The van der Waals surface area contributed by atoms with Crippen LogP contribution in [-0.2, 0) is 18.9 Å². The number of halogens is 2. The minimum atomic E-state index is -3.78. The van der Waals surface area contributed by atoms with Gasteiger partial charge in [0.05, 0.1) is 11.9 Å². The molecular weight excluding hydrogens is 519 g/mol. The van der Waals surface area contributed by atoms with Crippen LogP contribution in [0.1, 0.15) is 20.3 Å². The van der Waals surface area contributed by atoms with Gasteiger partial charge in [-0.1, -0.05) is 37.6 Å². The maximum Gasteiger partial charge on any atom is 0.245 e. The van der Waals surface area contributed by atoms with Crippen LogP contribution in [-0.4, -0.2) is 61.6 Å². The summed E-state index contributed by atoms with van der Waals surface area (Å²) in [7, 11) is -3.20. The molecule has 0 bridgehead atoms. The van der Waals surface area contributed by atoms with Gasteiger partial charge in [-0.3, -0.25) is 0 Å². The van der Waals surface area contributed by atoms with Crippen molar-refractivity contribution in [2.24, 2.45) is 11.3 Å². The monoisotopic (exact) mass is 544 g/mol. The van der Waals surface area contributed by atoms with E-state index in [9.17, 15) is 8.42 Å². The molecule has 178 valence electrons. The number of benzene rings is 1. The lowest BCUT2D eigenvalue weighted by Crippen LogP contribution is -2.43. The first kappa shape index (κ1) is 26.5. The predicted molar refractivity (Wildman–Crippen MR) is 132 cm³/mol. The summed E-state index contributed by atoms with van der Waals surface area (Å²) in [4.78, 5) is 8.03. The van der Waals surface area contributed by atoms with Gasteiger partial charge in [0.15, 0.2) is 5.82 Å². The van der Waals surface area contributed by atoms with Gasteiger partial charge in [-0.15, -0.1) is 0 Å². The molecule has 3 rings (SSSR count). The van der Waals surface area contributed by atoms with Crippen LogP contribution in [0, 0.1) is 11.3 Å². The van der Waals surface area contributed by atoms with Crippen molar-refractivity contribution in [2.45, 2.75) is 44.5 Å². The third kappa shape index (κ3) is 5.96. The van der Waals surface area contributed by atoms with Gasteiger partial charge in [0.25, 0.3) is 0 Å². The molecule has 2 heterocycles. The van der Waals surface area contributed by atoms with E-state index in [-0.39, 0.29) is 58.2 Å². The van der Waals surface area contributed by atoms with Gasteiger partial charge in [0, 0.05) is 18.5 Å². The van der Waals surface area contributed by atoms with Crippen LogP contribution in [0.5, 0.6) is 0 Å². The summed E-state index contributed by atoms with van der Waals surface area (Å²) >= 11 is 12.0. The molecular formula is C20H26Cl2N4O4SSi2. The van der Waals surface area contributed by atoms with E-state index in [0.717, 1.165) is 6.42 Å². The van der Waals surface area contributed by atoms with Gasteiger partial charge >= 0.3 is 0 Å². The Labute approximate surface area is 210 Å². The van der Waals surface area contributed by atoms with E-state index in [1.807, 2.05) is 13.1 Å². The first-order valence-electron chi connectivity index (χ1n) is 10.3. The zero-order valence-corrected chi connectivity index (χ0v) is 23.1. The maximum absolute atomic E-state index is 13.6. The van der Waals surface area contributed by atoms with E-state index in [1.54, 1.807) is 24.3 Å². The molecule has 1 aromatic carbocycles. The van der Waals surface area contributed by atoms with E-state index in [1.165, 1.54) is 10.5 Å². The van der Waals surface area contributed by atoms with Crippen LogP contribution in [0.2, 0.25) is 23.4 Å². The lowest BCUT2D eigenvalue weighted by molar-refractivity contribution is -0.102. The topological polar surface area (TPSA) is 93.7 Å². The number of para-hydroxylation sites is 1. The van der Waals surface area contributed by atoms with E-state index < -0.39 is 10.0 Å². The number of nitrogens with one attached hydrogen (secondary N) is 1.